The largest absolute Gasteiger partial charge is 0.497 e. The third-order valence-corrected chi connectivity index (χ3v) is 4.19. The van der Waals surface area contributed by atoms with Gasteiger partial charge in [-0.2, -0.15) is 5.10 Å². The summed E-state index contributed by atoms with van der Waals surface area (Å²) in [5.74, 6) is 1.33. The summed E-state index contributed by atoms with van der Waals surface area (Å²) in [6.07, 6.45) is 0. The van der Waals surface area contributed by atoms with Gasteiger partial charge in [0.15, 0.2) is 5.52 Å². The molecule has 3 aromatic rings. The summed E-state index contributed by atoms with van der Waals surface area (Å²) in [6, 6.07) is 7.79. The van der Waals surface area contributed by atoms with Crippen molar-refractivity contribution in [3.8, 4) is 5.75 Å². The Bertz CT molecular complexity index is 940. The summed E-state index contributed by atoms with van der Waals surface area (Å²) in [5.41, 5.74) is 2.84. The molecule has 0 aliphatic heterocycles. The van der Waals surface area contributed by atoms with Crippen LogP contribution in [0.15, 0.2) is 29.1 Å². The van der Waals surface area contributed by atoms with E-state index in [1.165, 1.54) is 4.57 Å². The van der Waals surface area contributed by atoms with Crippen molar-refractivity contribution in [1.29, 1.82) is 0 Å². The molecule has 24 heavy (non-hydrogen) atoms. The van der Waals surface area contributed by atoms with Crippen molar-refractivity contribution >= 4 is 17.0 Å². The third-order valence-electron chi connectivity index (χ3n) is 4.19. The van der Waals surface area contributed by atoms with Crippen LogP contribution < -0.4 is 15.6 Å². The molecule has 126 valence electrons. The van der Waals surface area contributed by atoms with Crippen molar-refractivity contribution < 1.29 is 4.74 Å². The molecule has 0 saturated heterocycles. The Hall–Kier alpha value is -2.83. The van der Waals surface area contributed by atoms with Gasteiger partial charge in [0.1, 0.15) is 11.3 Å². The Balaban J connectivity index is 1.98. The number of benzene rings is 1. The van der Waals surface area contributed by atoms with Gasteiger partial charge in [0.2, 0.25) is 5.95 Å². The van der Waals surface area contributed by atoms with E-state index in [4.69, 9.17) is 4.74 Å². The van der Waals surface area contributed by atoms with Crippen molar-refractivity contribution in [1.82, 2.24) is 19.3 Å². The summed E-state index contributed by atoms with van der Waals surface area (Å²) < 4.78 is 8.28. The molecule has 1 atom stereocenters. The number of fused-ring (bicyclic) bond motifs is 1. The first-order valence-corrected chi connectivity index (χ1v) is 7.73. The number of methoxy groups -OCH3 is 1. The molecule has 2 heterocycles. The molecule has 0 spiro atoms. The molecule has 1 aromatic carbocycles. The standard InChI is InChI=1S/C17H21N5O2/c1-10(12-6-8-13(24-5)9-7-12)18-17-19-14-11(2)20-22(4)15(14)16(23)21(17)3/h6-10H,1-5H3,(H,18,19)/t10-/m0/s1. The van der Waals surface area contributed by atoms with Gasteiger partial charge in [-0.3, -0.25) is 14.0 Å². The number of nitrogens with one attached hydrogen (secondary N) is 1. The van der Waals surface area contributed by atoms with Gasteiger partial charge < -0.3 is 10.1 Å². The number of nitrogens with zero attached hydrogens (tertiary/aromatic N) is 4. The lowest BCUT2D eigenvalue weighted by atomic mass is 10.1. The summed E-state index contributed by atoms with van der Waals surface area (Å²) in [7, 11) is 5.10. The molecule has 1 N–H and O–H groups in total. The first-order chi connectivity index (χ1) is 11.4. The zero-order valence-corrected chi connectivity index (χ0v) is 14.5. The van der Waals surface area contributed by atoms with Crippen molar-refractivity contribution in [2.75, 3.05) is 12.4 Å². The van der Waals surface area contributed by atoms with Crippen LogP contribution in [0.2, 0.25) is 0 Å². The van der Waals surface area contributed by atoms with E-state index in [2.05, 4.69) is 15.4 Å². The molecule has 0 amide bonds. The smallest absolute Gasteiger partial charge is 0.280 e. The molecular formula is C17H21N5O2. The van der Waals surface area contributed by atoms with Gasteiger partial charge in [-0.05, 0) is 31.5 Å². The maximum Gasteiger partial charge on any atom is 0.280 e. The number of ether oxygens (including phenoxy) is 1. The van der Waals surface area contributed by atoms with Crippen LogP contribution in [0.4, 0.5) is 5.95 Å². The summed E-state index contributed by atoms with van der Waals surface area (Å²) >= 11 is 0. The van der Waals surface area contributed by atoms with Crippen molar-refractivity contribution in [3.05, 3.63) is 45.9 Å². The average molecular weight is 327 g/mol. The molecule has 0 aliphatic carbocycles. The number of aromatic nitrogens is 4. The first-order valence-electron chi connectivity index (χ1n) is 7.73. The van der Waals surface area contributed by atoms with Crippen LogP contribution in [0.5, 0.6) is 5.75 Å². The molecule has 2 aromatic heterocycles. The van der Waals surface area contributed by atoms with E-state index in [9.17, 15) is 4.79 Å². The van der Waals surface area contributed by atoms with Crippen LogP contribution in [0.25, 0.3) is 11.0 Å². The fraction of sp³-hybridized carbons (Fsp3) is 0.353. The van der Waals surface area contributed by atoms with Crippen molar-refractivity contribution in [2.24, 2.45) is 14.1 Å². The van der Waals surface area contributed by atoms with Crippen LogP contribution in [0.3, 0.4) is 0 Å². The average Bonchev–Trinajstić information content (AvgIpc) is 2.86. The van der Waals surface area contributed by atoms with Gasteiger partial charge in [0.25, 0.3) is 5.56 Å². The first kappa shape index (κ1) is 16.0. The van der Waals surface area contributed by atoms with E-state index in [-0.39, 0.29) is 11.6 Å². The predicted molar refractivity (Wildman–Crippen MR) is 93.5 cm³/mol. The van der Waals surface area contributed by atoms with E-state index in [1.54, 1.807) is 25.9 Å². The normalized spacial score (nSPS) is 12.4. The Morgan fingerprint density at radius 1 is 1.21 bits per heavy atom. The van der Waals surface area contributed by atoms with Crippen LogP contribution in [-0.4, -0.2) is 26.4 Å². The highest BCUT2D eigenvalue weighted by molar-refractivity contribution is 5.77. The third kappa shape index (κ3) is 2.62. The predicted octanol–water partition coefficient (Wildman–Crippen LogP) is 2.16. The topological polar surface area (TPSA) is 74.0 Å². The number of anilines is 1. The number of hydrogen-bond donors (Lipinski definition) is 1. The molecule has 7 nitrogen and oxygen atoms in total. The van der Waals surface area contributed by atoms with Crippen LogP contribution in [0.1, 0.15) is 24.2 Å². The highest BCUT2D eigenvalue weighted by Crippen LogP contribution is 2.21. The van der Waals surface area contributed by atoms with Gasteiger partial charge in [0.05, 0.1) is 18.8 Å². The molecule has 0 aliphatic rings. The lowest BCUT2D eigenvalue weighted by Crippen LogP contribution is -2.24. The molecule has 0 radical (unpaired) electrons. The number of rotatable bonds is 4. The Labute approximate surface area is 139 Å². The summed E-state index contributed by atoms with van der Waals surface area (Å²) in [4.78, 5) is 17.2. The Morgan fingerprint density at radius 2 is 1.88 bits per heavy atom. The van der Waals surface area contributed by atoms with Crippen LogP contribution in [-0.2, 0) is 14.1 Å². The van der Waals surface area contributed by atoms with E-state index in [1.807, 2.05) is 38.1 Å². The Morgan fingerprint density at radius 3 is 2.50 bits per heavy atom. The quantitative estimate of drug-likeness (QED) is 0.795. The number of aryl methyl sites for hydroxylation is 2. The number of hydrogen-bond acceptors (Lipinski definition) is 5. The second-order valence-corrected chi connectivity index (χ2v) is 5.84. The minimum Gasteiger partial charge on any atom is -0.497 e. The van der Waals surface area contributed by atoms with Crippen molar-refractivity contribution in [3.63, 3.8) is 0 Å². The maximum atomic E-state index is 12.6. The molecular weight excluding hydrogens is 306 g/mol. The second kappa shape index (κ2) is 5.99. The zero-order chi connectivity index (χ0) is 17.4. The second-order valence-electron chi connectivity index (χ2n) is 5.84. The highest BCUT2D eigenvalue weighted by Gasteiger charge is 2.16. The van der Waals surface area contributed by atoms with E-state index in [0.717, 1.165) is 17.0 Å². The van der Waals surface area contributed by atoms with Gasteiger partial charge >= 0.3 is 0 Å². The molecule has 3 rings (SSSR count). The molecule has 0 fully saturated rings. The van der Waals surface area contributed by atoms with E-state index >= 15 is 0 Å². The van der Waals surface area contributed by atoms with Gasteiger partial charge in [-0.1, -0.05) is 12.1 Å². The van der Waals surface area contributed by atoms with E-state index < -0.39 is 0 Å². The lowest BCUT2D eigenvalue weighted by Gasteiger charge is -2.17. The van der Waals surface area contributed by atoms with Gasteiger partial charge in [-0.15, -0.1) is 0 Å². The monoisotopic (exact) mass is 327 g/mol. The highest BCUT2D eigenvalue weighted by atomic mass is 16.5. The minimum absolute atomic E-state index is 0.0107. The SMILES string of the molecule is COc1ccc([C@H](C)Nc2nc3c(C)nn(C)c3c(=O)n2C)cc1. The van der Waals surface area contributed by atoms with Crippen molar-refractivity contribution in [2.45, 2.75) is 19.9 Å². The molecule has 0 unspecified atom stereocenters. The van der Waals surface area contributed by atoms with Gasteiger partial charge in [-0.25, -0.2) is 4.98 Å². The van der Waals surface area contributed by atoms with Crippen LogP contribution in [0, 0.1) is 6.92 Å². The fourth-order valence-corrected chi connectivity index (χ4v) is 2.76. The molecule has 7 heteroatoms. The minimum atomic E-state index is -0.118. The Kier molecular flexibility index (Phi) is 4.01. The summed E-state index contributed by atoms with van der Waals surface area (Å²) in [5, 5.41) is 7.60. The fourth-order valence-electron chi connectivity index (χ4n) is 2.76. The zero-order valence-electron chi connectivity index (χ0n) is 14.5. The van der Waals surface area contributed by atoms with Crippen LogP contribution >= 0.6 is 0 Å². The molecule has 0 bridgehead atoms. The lowest BCUT2D eigenvalue weighted by molar-refractivity contribution is 0.414. The van der Waals surface area contributed by atoms with E-state index in [0.29, 0.717) is 17.0 Å². The van der Waals surface area contributed by atoms with Gasteiger partial charge in [0, 0.05) is 14.1 Å². The summed E-state index contributed by atoms with van der Waals surface area (Å²) in [6.45, 7) is 3.87. The maximum absolute atomic E-state index is 12.6. The molecule has 0 saturated carbocycles.